The summed E-state index contributed by atoms with van der Waals surface area (Å²) in [5.74, 6) is -0.595. The molecule has 6 nitrogen and oxygen atoms in total. The van der Waals surface area contributed by atoms with Crippen LogP contribution in [0.4, 0.5) is 4.39 Å². The predicted octanol–water partition coefficient (Wildman–Crippen LogP) is 1.67. The molecule has 0 radical (unpaired) electrons. The molecule has 3 aromatic rings. The van der Waals surface area contributed by atoms with Gasteiger partial charge in [0.15, 0.2) is 5.65 Å². The van der Waals surface area contributed by atoms with Gasteiger partial charge in [-0.3, -0.25) is 14.2 Å². The molecular formula is C17H15FN4O2. The zero-order valence-electron chi connectivity index (χ0n) is 13.0. The molecule has 2 heterocycles. The Kier molecular flexibility index (Phi) is 4.33. The summed E-state index contributed by atoms with van der Waals surface area (Å²) in [5.41, 5.74) is 0.153. The lowest BCUT2D eigenvalue weighted by Crippen LogP contribution is -2.32. The largest absolute Gasteiger partial charge is 0.350 e. The Morgan fingerprint density at radius 1 is 1.25 bits per heavy atom. The van der Waals surface area contributed by atoms with Crippen molar-refractivity contribution in [3.63, 3.8) is 0 Å². The number of fused-ring (bicyclic) bond motifs is 1. The van der Waals surface area contributed by atoms with Gasteiger partial charge in [-0.25, -0.2) is 14.4 Å². The van der Waals surface area contributed by atoms with E-state index in [4.69, 9.17) is 0 Å². The normalized spacial score (nSPS) is 10.8. The van der Waals surface area contributed by atoms with Gasteiger partial charge in [0.2, 0.25) is 0 Å². The van der Waals surface area contributed by atoms with Crippen LogP contribution in [0.3, 0.4) is 0 Å². The Morgan fingerprint density at radius 3 is 2.83 bits per heavy atom. The zero-order valence-corrected chi connectivity index (χ0v) is 13.0. The highest BCUT2D eigenvalue weighted by atomic mass is 19.1. The van der Waals surface area contributed by atoms with Crippen LogP contribution in [0.5, 0.6) is 0 Å². The van der Waals surface area contributed by atoms with E-state index in [1.54, 1.807) is 31.3 Å². The number of rotatable bonds is 4. The number of hydrogen-bond donors (Lipinski definition) is 1. The molecule has 122 valence electrons. The Balaban J connectivity index is 1.76. The number of benzene rings is 1. The first kappa shape index (κ1) is 15.8. The SMILES string of the molecule is Cc1nc2ncccc2c(=O)n1CCNC(=O)c1ccccc1F. The van der Waals surface area contributed by atoms with Crippen molar-refractivity contribution >= 4 is 16.9 Å². The first-order valence-corrected chi connectivity index (χ1v) is 7.43. The number of pyridine rings is 1. The average molecular weight is 326 g/mol. The van der Waals surface area contributed by atoms with Gasteiger partial charge in [0.25, 0.3) is 11.5 Å². The third-order valence-corrected chi connectivity index (χ3v) is 3.66. The number of hydrogen-bond acceptors (Lipinski definition) is 4. The number of aromatic nitrogens is 3. The minimum Gasteiger partial charge on any atom is -0.350 e. The van der Waals surface area contributed by atoms with Gasteiger partial charge in [-0.2, -0.15) is 0 Å². The van der Waals surface area contributed by atoms with Crippen molar-refractivity contribution in [3.05, 3.63) is 70.2 Å². The molecule has 0 aliphatic carbocycles. The maximum atomic E-state index is 13.6. The molecule has 3 rings (SSSR count). The van der Waals surface area contributed by atoms with Crippen molar-refractivity contribution in [1.29, 1.82) is 0 Å². The van der Waals surface area contributed by atoms with Gasteiger partial charge in [-0.1, -0.05) is 12.1 Å². The summed E-state index contributed by atoms with van der Waals surface area (Å²) in [7, 11) is 0. The first-order valence-electron chi connectivity index (χ1n) is 7.43. The number of carbonyl (C=O) groups excluding carboxylic acids is 1. The van der Waals surface area contributed by atoms with E-state index in [0.717, 1.165) is 0 Å². The van der Waals surface area contributed by atoms with Gasteiger partial charge in [0.05, 0.1) is 10.9 Å². The fourth-order valence-electron chi connectivity index (χ4n) is 2.44. The Hall–Kier alpha value is -3.09. The molecule has 0 atom stereocenters. The zero-order chi connectivity index (χ0) is 17.1. The second kappa shape index (κ2) is 6.57. The lowest BCUT2D eigenvalue weighted by molar-refractivity contribution is 0.0948. The van der Waals surface area contributed by atoms with Crippen LogP contribution in [-0.2, 0) is 6.54 Å². The van der Waals surface area contributed by atoms with Crippen LogP contribution in [0.2, 0.25) is 0 Å². The van der Waals surface area contributed by atoms with Crippen LogP contribution in [0.1, 0.15) is 16.2 Å². The quantitative estimate of drug-likeness (QED) is 0.791. The standard InChI is InChI=1S/C17H15FN4O2/c1-11-21-15-13(6-4-8-19-15)17(24)22(11)10-9-20-16(23)12-5-2-3-7-14(12)18/h2-8H,9-10H2,1H3,(H,20,23). The molecule has 24 heavy (non-hydrogen) atoms. The lowest BCUT2D eigenvalue weighted by atomic mass is 10.2. The molecular weight excluding hydrogens is 311 g/mol. The maximum absolute atomic E-state index is 13.6. The summed E-state index contributed by atoms with van der Waals surface area (Å²) in [5, 5.41) is 3.03. The summed E-state index contributed by atoms with van der Waals surface area (Å²) in [4.78, 5) is 32.8. The molecule has 0 saturated heterocycles. The van der Waals surface area contributed by atoms with E-state index in [1.165, 1.54) is 22.8 Å². The summed E-state index contributed by atoms with van der Waals surface area (Å²) in [6, 6.07) is 9.07. The number of aryl methyl sites for hydroxylation is 1. The lowest BCUT2D eigenvalue weighted by Gasteiger charge is -2.11. The maximum Gasteiger partial charge on any atom is 0.263 e. The van der Waals surface area contributed by atoms with Crippen LogP contribution in [0, 0.1) is 12.7 Å². The van der Waals surface area contributed by atoms with Gasteiger partial charge in [0, 0.05) is 19.3 Å². The number of nitrogens with one attached hydrogen (secondary N) is 1. The molecule has 0 spiro atoms. The van der Waals surface area contributed by atoms with E-state index in [9.17, 15) is 14.0 Å². The first-order chi connectivity index (χ1) is 11.6. The van der Waals surface area contributed by atoms with E-state index in [-0.39, 0.29) is 24.2 Å². The molecule has 2 aromatic heterocycles. The Bertz CT molecular complexity index is 968. The molecule has 1 aromatic carbocycles. The van der Waals surface area contributed by atoms with Gasteiger partial charge in [-0.05, 0) is 31.2 Å². The average Bonchev–Trinajstić information content (AvgIpc) is 2.58. The number of halogens is 1. The summed E-state index contributed by atoms with van der Waals surface area (Å²) >= 11 is 0. The Morgan fingerprint density at radius 2 is 2.04 bits per heavy atom. The van der Waals surface area contributed by atoms with E-state index in [2.05, 4.69) is 15.3 Å². The molecule has 0 fully saturated rings. The monoisotopic (exact) mass is 326 g/mol. The molecule has 0 bridgehead atoms. The molecule has 0 aliphatic heterocycles. The van der Waals surface area contributed by atoms with Gasteiger partial charge in [-0.15, -0.1) is 0 Å². The molecule has 1 amide bonds. The highest BCUT2D eigenvalue weighted by Gasteiger charge is 2.11. The fraction of sp³-hybridized carbons (Fsp3) is 0.176. The van der Waals surface area contributed by atoms with Crippen molar-refractivity contribution in [2.75, 3.05) is 6.54 Å². The highest BCUT2D eigenvalue weighted by Crippen LogP contribution is 2.06. The molecule has 0 unspecified atom stereocenters. The van der Waals surface area contributed by atoms with E-state index in [1.807, 2.05) is 0 Å². The second-order valence-electron chi connectivity index (χ2n) is 5.23. The molecule has 1 N–H and O–H groups in total. The number of nitrogens with zero attached hydrogens (tertiary/aromatic N) is 3. The van der Waals surface area contributed by atoms with Crippen molar-refractivity contribution in [3.8, 4) is 0 Å². The minimum atomic E-state index is -0.582. The summed E-state index contributed by atoms with van der Waals surface area (Å²) < 4.78 is 15.0. The fourth-order valence-corrected chi connectivity index (χ4v) is 2.44. The van der Waals surface area contributed by atoms with Crippen molar-refractivity contribution in [2.45, 2.75) is 13.5 Å². The van der Waals surface area contributed by atoms with E-state index >= 15 is 0 Å². The second-order valence-corrected chi connectivity index (χ2v) is 5.23. The van der Waals surface area contributed by atoms with Crippen LogP contribution in [0.15, 0.2) is 47.4 Å². The Labute approximate surface area is 137 Å². The minimum absolute atomic E-state index is 0.0256. The van der Waals surface area contributed by atoms with Crippen LogP contribution in [0.25, 0.3) is 11.0 Å². The van der Waals surface area contributed by atoms with Gasteiger partial charge in [0.1, 0.15) is 11.6 Å². The third-order valence-electron chi connectivity index (χ3n) is 3.66. The topological polar surface area (TPSA) is 76.9 Å². The summed E-state index contributed by atoms with van der Waals surface area (Å²) in [6.07, 6.45) is 1.58. The summed E-state index contributed by atoms with van der Waals surface area (Å²) in [6.45, 7) is 2.12. The number of amides is 1. The van der Waals surface area contributed by atoms with Crippen molar-refractivity contribution in [2.24, 2.45) is 0 Å². The number of carbonyl (C=O) groups is 1. The molecule has 7 heteroatoms. The molecule has 0 saturated carbocycles. The van der Waals surface area contributed by atoms with Crippen LogP contribution >= 0.6 is 0 Å². The van der Waals surface area contributed by atoms with Gasteiger partial charge < -0.3 is 5.32 Å². The van der Waals surface area contributed by atoms with E-state index in [0.29, 0.717) is 16.9 Å². The molecule has 0 aliphatic rings. The highest BCUT2D eigenvalue weighted by molar-refractivity contribution is 5.94. The van der Waals surface area contributed by atoms with Crippen molar-refractivity contribution < 1.29 is 9.18 Å². The third kappa shape index (κ3) is 3.01. The van der Waals surface area contributed by atoms with Crippen LogP contribution in [-0.4, -0.2) is 27.0 Å². The van der Waals surface area contributed by atoms with E-state index < -0.39 is 11.7 Å². The smallest absolute Gasteiger partial charge is 0.263 e. The van der Waals surface area contributed by atoms with Crippen LogP contribution < -0.4 is 10.9 Å². The predicted molar refractivity (Wildman–Crippen MR) is 87.3 cm³/mol. The van der Waals surface area contributed by atoms with Crippen molar-refractivity contribution in [1.82, 2.24) is 19.9 Å². The van der Waals surface area contributed by atoms with Gasteiger partial charge >= 0.3 is 0 Å².